The van der Waals surface area contributed by atoms with E-state index >= 15 is 0 Å². The first-order valence-electron chi connectivity index (χ1n) is 25.7. The average Bonchev–Trinajstić information content (AvgIpc) is 3.23. The van der Waals surface area contributed by atoms with Crippen LogP contribution in [0.1, 0.15) is 271 Å². The van der Waals surface area contributed by atoms with Crippen molar-refractivity contribution in [3.63, 3.8) is 0 Å². The van der Waals surface area contributed by atoms with Crippen molar-refractivity contribution in [2.24, 2.45) is 0 Å². The fourth-order valence-corrected chi connectivity index (χ4v) is 8.07. The molecule has 4 unspecified atom stereocenters. The molecule has 0 aliphatic heterocycles. The van der Waals surface area contributed by atoms with Gasteiger partial charge in [0.15, 0.2) is 0 Å². The SMILES string of the molecule is CCCCCCCCCCC/C=C/CC/C=C/CCCC(O)C(O)C(CO)NC(=O)C(O)CCCCCCCCCCCCCCCCCCCCCCCCCC. The van der Waals surface area contributed by atoms with Crippen LogP contribution in [0, 0.1) is 0 Å². The van der Waals surface area contributed by atoms with E-state index in [0.717, 1.165) is 38.5 Å². The van der Waals surface area contributed by atoms with Crippen molar-refractivity contribution in [1.29, 1.82) is 0 Å². The highest BCUT2D eigenvalue weighted by Crippen LogP contribution is 2.17. The van der Waals surface area contributed by atoms with Crippen LogP contribution in [0.4, 0.5) is 0 Å². The molecule has 6 nitrogen and oxygen atoms in total. The Labute approximate surface area is 361 Å². The predicted molar refractivity (Wildman–Crippen MR) is 251 cm³/mol. The maximum absolute atomic E-state index is 12.6. The van der Waals surface area contributed by atoms with Gasteiger partial charge in [-0.15, -0.1) is 0 Å². The monoisotopic (exact) mass is 820 g/mol. The van der Waals surface area contributed by atoms with E-state index < -0.39 is 36.9 Å². The minimum atomic E-state index is -1.29. The van der Waals surface area contributed by atoms with Crippen LogP contribution in [0.5, 0.6) is 0 Å². The van der Waals surface area contributed by atoms with Crippen molar-refractivity contribution >= 4 is 5.91 Å². The van der Waals surface area contributed by atoms with Crippen LogP contribution in [0.15, 0.2) is 24.3 Å². The summed E-state index contributed by atoms with van der Waals surface area (Å²) in [5.41, 5.74) is 0. The van der Waals surface area contributed by atoms with E-state index in [2.05, 4.69) is 43.5 Å². The zero-order valence-electron chi connectivity index (χ0n) is 38.8. The van der Waals surface area contributed by atoms with Crippen molar-refractivity contribution in [3.05, 3.63) is 24.3 Å². The smallest absolute Gasteiger partial charge is 0.249 e. The van der Waals surface area contributed by atoms with E-state index in [1.54, 1.807) is 0 Å². The molecular weight excluding hydrogens is 719 g/mol. The van der Waals surface area contributed by atoms with Gasteiger partial charge in [-0.1, -0.05) is 244 Å². The molecule has 0 bridgehead atoms. The van der Waals surface area contributed by atoms with Crippen LogP contribution >= 0.6 is 0 Å². The van der Waals surface area contributed by atoms with E-state index in [1.165, 1.54) is 199 Å². The molecule has 5 N–H and O–H groups in total. The highest BCUT2D eigenvalue weighted by molar-refractivity contribution is 5.80. The zero-order valence-corrected chi connectivity index (χ0v) is 38.8. The molecule has 344 valence electrons. The summed E-state index contributed by atoms with van der Waals surface area (Å²) in [6.07, 6.45) is 55.2. The fraction of sp³-hybridized carbons (Fsp3) is 0.904. The highest BCUT2D eigenvalue weighted by Gasteiger charge is 2.28. The van der Waals surface area contributed by atoms with Gasteiger partial charge in [-0.25, -0.2) is 0 Å². The molecule has 6 heteroatoms. The summed E-state index contributed by atoms with van der Waals surface area (Å²) < 4.78 is 0. The summed E-state index contributed by atoms with van der Waals surface area (Å²) in [4.78, 5) is 12.6. The molecule has 0 radical (unpaired) electrons. The van der Waals surface area contributed by atoms with Gasteiger partial charge in [0.05, 0.1) is 18.8 Å². The third-order valence-corrected chi connectivity index (χ3v) is 12.1. The van der Waals surface area contributed by atoms with Crippen LogP contribution in [0.3, 0.4) is 0 Å². The summed E-state index contributed by atoms with van der Waals surface area (Å²) in [7, 11) is 0. The lowest BCUT2D eigenvalue weighted by Crippen LogP contribution is -2.53. The Hall–Kier alpha value is -1.21. The molecular formula is C52H101NO5. The van der Waals surface area contributed by atoms with Gasteiger partial charge in [0, 0.05) is 0 Å². The van der Waals surface area contributed by atoms with Crippen molar-refractivity contribution in [2.45, 2.75) is 295 Å². The molecule has 0 heterocycles. The van der Waals surface area contributed by atoms with Crippen LogP contribution < -0.4 is 5.32 Å². The Morgan fingerprint density at radius 2 is 0.724 bits per heavy atom. The van der Waals surface area contributed by atoms with E-state index in [0.29, 0.717) is 19.3 Å². The molecule has 0 aromatic carbocycles. The van der Waals surface area contributed by atoms with Gasteiger partial charge >= 0.3 is 0 Å². The summed E-state index contributed by atoms with van der Waals surface area (Å²) in [5.74, 6) is -0.593. The maximum Gasteiger partial charge on any atom is 0.249 e. The van der Waals surface area contributed by atoms with E-state index in [1.807, 2.05) is 0 Å². The Kier molecular flexibility index (Phi) is 45.9. The number of hydrogen-bond acceptors (Lipinski definition) is 5. The molecule has 0 saturated carbocycles. The van der Waals surface area contributed by atoms with E-state index in [4.69, 9.17) is 0 Å². The lowest BCUT2D eigenvalue weighted by molar-refractivity contribution is -0.132. The second-order valence-electron chi connectivity index (χ2n) is 17.9. The van der Waals surface area contributed by atoms with E-state index in [9.17, 15) is 25.2 Å². The van der Waals surface area contributed by atoms with E-state index in [-0.39, 0.29) is 0 Å². The largest absolute Gasteiger partial charge is 0.394 e. The number of rotatable bonds is 47. The number of hydrogen-bond donors (Lipinski definition) is 5. The molecule has 0 aromatic rings. The highest BCUT2D eigenvalue weighted by atomic mass is 16.3. The van der Waals surface area contributed by atoms with Crippen molar-refractivity contribution in [3.8, 4) is 0 Å². The predicted octanol–water partition coefficient (Wildman–Crippen LogP) is 14.3. The Balaban J connectivity index is 3.68. The third-order valence-electron chi connectivity index (χ3n) is 12.1. The Bertz CT molecular complexity index is 878. The van der Waals surface area contributed by atoms with Crippen LogP contribution in [-0.2, 0) is 4.79 Å². The van der Waals surface area contributed by atoms with Crippen molar-refractivity contribution in [2.75, 3.05) is 6.61 Å². The number of amides is 1. The number of aliphatic hydroxyl groups is 4. The molecule has 0 rings (SSSR count). The van der Waals surface area contributed by atoms with Crippen LogP contribution in [-0.4, -0.2) is 57.3 Å². The van der Waals surface area contributed by atoms with Gasteiger partial charge < -0.3 is 25.7 Å². The number of aliphatic hydroxyl groups excluding tert-OH is 4. The molecule has 0 fully saturated rings. The van der Waals surface area contributed by atoms with Crippen LogP contribution in [0.25, 0.3) is 0 Å². The number of nitrogens with one attached hydrogen (secondary N) is 1. The first-order chi connectivity index (χ1) is 28.5. The molecule has 0 aliphatic rings. The molecule has 0 spiro atoms. The molecule has 58 heavy (non-hydrogen) atoms. The zero-order chi connectivity index (χ0) is 42.4. The molecule has 0 aromatic heterocycles. The quantitative estimate of drug-likeness (QED) is 0.0310. The second kappa shape index (κ2) is 46.8. The third kappa shape index (κ3) is 40.2. The summed E-state index contributed by atoms with van der Waals surface area (Å²) in [6.45, 7) is 4.06. The Morgan fingerprint density at radius 1 is 0.414 bits per heavy atom. The van der Waals surface area contributed by atoms with Crippen LogP contribution in [0.2, 0.25) is 0 Å². The van der Waals surface area contributed by atoms with Gasteiger partial charge in [0.1, 0.15) is 12.2 Å². The number of allylic oxidation sites excluding steroid dienone is 4. The molecule has 0 saturated heterocycles. The Morgan fingerprint density at radius 3 is 1.09 bits per heavy atom. The normalized spacial score (nSPS) is 14.1. The molecule has 4 atom stereocenters. The summed E-state index contributed by atoms with van der Waals surface area (Å²) in [6, 6.07) is -1.01. The summed E-state index contributed by atoms with van der Waals surface area (Å²) in [5, 5.41) is 43.8. The average molecular weight is 820 g/mol. The maximum atomic E-state index is 12.6. The summed E-state index contributed by atoms with van der Waals surface area (Å²) >= 11 is 0. The minimum Gasteiger partial charge on any atom is -0.394 e. The number of carbonyl (C=O) groups is 1. The lowest BCUT2D eigenvalue weighted by atomic mass is 10.00. The van der Waals surface area contributed by atoms with Gasteiger partial charge in [-0.3, -0.25) is 4.79 Å². The lowest BCUT2D eigenvalue weighted by Gasteiger charge is -2.27. The first kappa shape index (κ1) is 56.8. The first-order valence-corrected chi connectivity index (χ1v) is 25.7. The van der Waals surface area contributed by atoms with Crippen molar-refractivity contribution in [1.82, 2.24) is 5.32 Å². The minimum absolute atomic E-state index is 0.364. The second-order valence-corrected chi connectivity index (χ2v) is 17.9. The standard InChI is InChI=1S/C52H101NO5/c1-3-5-7-9-11-13-15-17-19-21-23-24-25-26-27-28-30-32-34-36-38-40-42-44-46-50(56)52(58)53-48(47-54)51(57)49(55)45-43-41-39-37-35-33-31-29-22-20-18-16-14-12-10-8-6-4-2/h29,31,37,39,48-51,54-57H,3-28,30,32-36,38,40-47H2,1-2H3,(H,53,58)/b31-29+,39-37+. The van der Waals surface area contributed by atoms with Gasteiger partial charge in [-0.05, 0) is 51.4 Å². The van der Waals surface area contributed by atoms with Gasteiger partial charge in [0.25, 0.3) is 0 Å². The fourth-order valence-electron chi connectivity index (χ4n) is 8.07. The topological polar surface area (TPSA) is 110 Å². The number of carbonyl (C=O) groups excluding carboxylic acids is 1. The van der Waals surface area contributed by atoms with Gasteiger partial charge in [0.2, 0.25) is 5.91 Å². The molecule has 1 amide bonds. The van der Waals surface area contributed by atoms with Gasteiger partial charge in [-0.2, -0.15) is 0 Å². The number of unbranched alkanes of at least 4 members (excludes halogenated alkanes) is 34. The molecule has 0 aliphatic carbocycles. The van der Waals surface area contributed by atoms with Crippen molar-refractivity contribution < 1.29 is 25.2 Å².